The van der Waals surface area contributed by atoms with E-state index in [1.54, 1.807) is 0 Å². The Balaban J connectivity index is 2.37. The molecule has 1 aromatic carbocycles. The van der Waals surface area contributed by atoms with Crippen LogP contribution in [0.1, 0.15) is 56.0 Å². The fraction of sp³-hybridized carbons (Fsp3) is 0.562. The van der Waals surface area contributed by atoms with Crippen LogP contribution in [0.5, 0.6) is 0 Å². The van der Waals surface area contributed by atoms with E-state index < -0.39 is 0 Å². The van der Waals surface area contributed by atoms with Crippen LogP contribution in [0.3, 0.4) is 0 Å². The number of hydrogen-bond acceptors (Lipinski definition) is 1. The lowest BCUT2D eigenvalue weighted by molar-refractivity contribution is 0.0864. The van der Waals surface area contributed by atoms with E-state index in [1.807, 2.05) is 18.2 Å². The van der Waals surface area contributed by atoms with E-state index in [2.05, 4.69) is 26.8 Å². The first-order valence-electron chi connectivity index (χ1n) is 6.68. The Labute approximate surface area is 104 Å². The zero-order chi connectivity index (χ0) is 12.5. The molecule has 0 saturated carbocycles. The van der Waals surface area contributed by atoms with Crippen LogP contribution >= 0.6 is 0 Å². The first-order valence-corrected chi connectivity index (χ1v) is 6.68. The lowest BCUT2D eigenvalue weighted by Gasteiger charge is -2.33. The molecule has 0 aliphatic heterocycles. The zero-order valence-electron chi connectivity index (χ0n) is 11.1. The molecule has 1 aliphatic rings. The minimum absolute atomic E-state index is 0.171. The topological polar surface area (TPSA) is 17.1 Å². The van der Waals surface area contributed by atoms with Crippen molar-refractivity contribution in [3.8, 4) is 0 Å². The van der Waals surface area contributed by atoms with Gasteiger partial charge in [-0.3, -0.25) is 4.79 Å². The normalized spacial score (nSPS) is 28.6. The number of benzene rings is 1. The van der Waals surface area contributed by atoms with Gasteiger partial charge in [0.2, 0.25) is 0 Å². The van der Waals surface area contributed by atoms with Gasteiger partial charge in [-0.05, 0) is 29.7 Å². The highest BCUT2D eigenvalue weighted by Gasteiger charge is 2.36. The smallest absolute Gasteiger partial charge is 0.163 e. The highest BCUT2D eigenvalue weighted by atomic mass is 16.1. The number of Topliss-reactive ketones (excluding diaryl/α,β-unsaturated/α-hetero) is 1. The van der Waals surface area contributed by atoms with Crippen molar-refractivity contribution in [1.29, 1.82) is 0 Å². The summed E-state index contributed by atoms with van der Waals surface area (Å²) < 4.78 is 0. The molecule has 1 nitrogen and oxygen atoms in total. The maximum absolute atomic E-state index is 12.3. The summed E-state index contributed by atoms with van der Waals surface area (Å²) >= 11 is 0. The van der Waals surface area contributed by atoms with E-state index in [-0.39, 0.29) is 5.41 Å². The van der Waals surface area contributed by atoms with Crippen LogP contribution in [0.2, 0.25) is 0 Å². The molecular weight excluding hydrogens is 208 g/mol. The summed E-state index contributed by atoms with van der Waals surface area (Å²) in [6.07, 6.45) is 4.05. The minimum atomic E-state index is 0.171. The maximum Gasteiger partial charge on any atom is 0.163 e. The van der Waals surface area contributed by atoms with Crippen molar-refractivity contribution in [3.63, 3.8) is 0 Å². The van der Waals surface area contributed by atoms with Gasteiger partial charge in [0.25, 0.3) is 0 Å². The zero-order valence-corrected chi connectivity index (χ0v) is 11.1. The second kappa shape index (κ2) is 4.64. The molecule has 0 fully saturated rings. The summed E-state index contributed by atoms with van der Waals surface area (Å²) in [7, 11) is 0. The van der Waals surface area contributed by atoms with Gasteiger partial charge in [-0.2, -0.15) is 0 Å². The quantitative estimate of drug-likeness (QED) is 0.694. The second-order valence-electron chi connectivity index (χ2n) is 5.77. The van der Waals surface area contributed by atoms with E-state index in [9.17, 15) is 4.79 Å². The molecule has 0 saturated heterocycles. The summed E-state index contributed by atoms with van der Waals surface area (Å²) in [6.45, 7) is 6.79. The van der Waals surface area contributed by atoms with Crippen LogP contribution < -0.4 is 0 Å². The van der Waals surface area contributed by atoms with Gasteiger partial charge in [0.05, 0.1) is 0 Å². The Morgan fingerprint density at radius 2 is 2.06 bits per heavy atom. The van der Waals surface area contributed by atoms with Crippen molar-refractivity contribution < 1.29 is 4.79 Å². The predicted octanol–water partition coefficient (Wildman–Crippen LogP) is 4.26. The molecule has 17 heavy (non-hydrogen) atoms. The molecule has 2 rings (SSSR count). The van der Waals surface area contributed by atoms with Gasteiger partial charge < -0.3 is 0 Å². The van der Waals surface area contributed by atoms with Crippen LogP contribution in [-0.4, -0.2) is 5.78 Å². The van der Waals surface area contributed by atoms with Crippen molar-refractivity contribution in [3.05, 3.63) is 35.4 Å². The molecule has 0 amide bonds. The molecule has 1 aliphatic carbocycles. The van der Waals surface area contributed by atoms with Crippen LogP contribution in [0, 0.1) is 11.3 Å². The van der Waals surface area contributed by atoms with Crippen molar-refractivity contribution in [2.45, 2.75) is 46.5 Å². The van der Waals surface area contributed by atoms with Gasteiger partial charge in [0, 0.05) is 12.0 Å². The predicted molar refractivity (Wildman–Crippen MR) is 71.3 cm³/mol. The Morgan fingerprint density at radius 3 is 2.76 bits per heavy atom. The van der Waals surface area contributed by atoms with Gasteiger partial charge in [-0.15, -0.1) is 0 Å². The minimum Gasteiger partial charge on any atom is -0.294 e. The van der Waals surface area contributed by atoms with Crippen LogP contribution in [0.15, 0.2) is 24.3 Å². The van der Waals surface area contributed by atoms with Gasteiger partial charge in [-0.1, -0.05) is 51.5 Å². The molecule has 0 aromatic heterocycles. The summed E-state index contributed by atoms with van der Waals surface area (Å²) in [5.74, 6) is 0.913. The van der Waals surface area contributed by atoms with E-state index in [0.717, 1.165) is 24.8 Å². The maximum atomic E-state index is 12.3. The van der Waals surface area contributed by atoms with Gasteiger partial charge in [0.1, 0.15) is 0 Å². The van der Waals surface area contributed by atoms with Crippen molar-refractivity contribution in [1.82, 2.24) is 0 Å². The number of rotatable bonds is 2. The standard InChI is InChI=1S/C16H22O/c1-4-9-16(3)11-15(17)14-8-6-5-7-13(14)10-12(16)2/h5-8,12H,4,9-11H2,1-3H3. The van der Waals surface area contributed by atoms with Crippen LogP contribution in [-0.2, 0) is 6.42 Å². The largest absolute Gasteiger partial charge is 0.294 e. The van der Waals surface area contributed by atoms with E-state index in [1.165, 1.54) is 5.56 Å². The number of ketones is 1. The Morgan fingerprint density at radius 1 is 1.35 bits per heavy atom. The van der Waals surface area contributed by atoms with E-state index >= 15 is 0 Å². The molecule has 0 spiro atoms. The average Bonchev–Trinajstić information content (AvgIpc) is 2.37. The number of fused-ring (bicyclic) bond motifs is 1. The van der Waals surface area contributed by atoms with Gasteiger partial charge >= 0.3 is 0 Å². The molecule has 2 unspecified atom stereocenters. The van der Waals surface area contributed by atoms with Crippen LogP contribution in [0.25, 0.3) is 0 Å². The third-order valence-electron chi connectivity index (χ3n) is 4.42. The lowest BCUT2D eigenvalue weighted by atomic mass is 9.71. The molecule has 0 radical (unpaired) electrons. The lowest BCUT2D eigenvalue weighted by Crippen LogP contribution is -2.27. The third kappa shape index (κ3) is 2.29. The highest BCUT2D eigenvalue weighted by Crippen LogP contribution is 2.42. The number of carbonyl (C=O) groups excluding carboxylic acids is 1. The summed E-state index contributed by atoms with van der Waals surface area (Å²) in [4.78, 5) is 12.3. The van der Waals surface area contributed by atoms with Crippen molar-refractivity contribution in [2.24, 2.45) is 11.3 Å². The van der Waals surface area contributed by atoms with Crippen molar-refractivity contribution in [2.75, 3.05) is 0 Å². The first-order chi connectivity index (χ1) is 8.07. The Bertz CT molecular complexity index is 421. The molecule has 92 valence electrons. The van der Waals surface area contributed by atoms with E-state index in [0.29, 0.717) is 18.1 Å². The monoisotopic (exact) mass is 230 g/mol. The molecule has 2 atom stereocenters. The fourth-order valence-electron chi connectivity index (χ4n) is 3.09. The molecule has 0 bridgehead atoms. The SMILES string of the molecule is CCCC1(C)CC(=O)c2ccccc2CC1C. The van der Waals surface area contributed by atoms with Gasteiger partial charge in [0.15, 0.2) is 5.78 Å². The fourth-order valence-corrected chi connectivity index (χ4v) is 3.09. The molecule has 0 heterocycles. The summed E-state index contributed by atoms with van der Waals surface area (Å²) in [5, 5.41) is 0. The molecular formula is C16H22O. The molecule has 1 heteroatoms. The summed E-state index contributed by atoms with van der Waals surface area (Å²) in [6, 6.07) is 8.12. The Hall–Kier alpha value is -1.11. The van der Waals surface area contributed by atoms with Gasteiger partial charge in [-0.25, -0.2) is 0 Å². The number of hydrogen-bond donors (Lipinski definition) is 0. The van der Waals surface area contributed by atoms with E-state index in [4.69, 9.17) is 0 Å². The number of carbonyl (C=O) groups is 1. The Kier molecular flexibility index (Phi) is 3.37. The van der Waals surface area contributed by atoms with Crippen molar-refractivity contribution >= 4 is 5.78 Å². The average molecular weight is 230 g/mol. The summed E-state index contributed by atoms with van der Waals surface area (Å²) in [5.41, 5.74) is 2.37. The second-order valence-corrected chi connectivity index (χ2v) is 5.77. The first kappa shape index (κ1) is 12.3. The molecule has 1 aromatic rings. The van der Waals surface area contributed by atoms with Crippen LogP contribution in [0.4, 0.5) is 0 Å². The third-order valence-corrected chi connectivity index (χ3v) is 4.42. The highest BCUT2D eigenvalue weighted by molar-refractivity contribution is 5.98. The molecule has 0 N–H and O–H groups in total.